The SMILES string of the molecule is CCNC(=NCc1cccnc1OCc1ccccc1)NCC(C(C)C)N1CCOCC1.I. The first-order chi connectivity index (χ1) is 15.7. The number of aromatic nitrogens is 1. The number of benzene rings is 1. The van der Waals surface area contributed by atoms with Crippen LogP contribution in [-0.4, -0.2) is 61.3 Å². The van der Waals surface area contributed by atoms with E-state index in [1.165, 1.54) is 0 Å². The van der Waals surface area contributed by atoms with Gasteiger partial charge in [0.15, 0.2) is 5.96 Å². The van der Waals surface area contributed by atoms with Gasteiger partial charge in [-0.05, 0) is 24.5 Å². The molecule has 1 aromatic heterocycles. The van der Waals surface area contributed by atoms with E-state index in [4.69, 9.17) is 14.5 Å². The second kappa shape index (κ2) is 15.1. The van der Waals surface area contributed by atoms with Crippen LogP contribution in [0.15, 0.2) is 53.7 Å². The molecule has 2 aromatic rings. The monoisotopic (exact) mass is 567 g/mol. The molecule has 1 saturated heterocycles. The molecular formula is C25H38IN5O2. The number of halogens is 1. The third-order valence-electron chi connectivity index (χ3n) is 5.58. The molecule has 2 heterocycles. The predicted molar refractivity (Wildman–Crippen MR) is 144 cm³/mol. The third kappa shape index (κ3) is 9.10. The summed E-state index contributed by atoms with van der Waals surface area (Å²) >= 11 is 0. The van der Waals surface area contributed by atoms with Crippen LogP contribution in [-0.2, 0) is 17.9 Å². The van der Waals surface area contributed by atoms with Gasteiger partial charge >= 0.3 is 0 Å². The molecule has 1 atom stereocenters. The van der Waals surface area contributed by atoms with E-state index in [2.05, 4.69) is 41.3 Å². The second-order valence-electron chi connectivity index (χ2n) is 8.28. The molecule has 0 aliphatic carbocycles. The van der Waals surface area contributed by atoms with Crippen molar-refractivity contribution in [3.8, 4) is 5.88 Å². The average molecular weight is 568 g/mol. The Morgan fingerprint density at radius 3 is 2.58 bits per heavy atom. The molecule has 0 amide bonds. The largest absolute Gasteiger partial charge is 0.473 e. The molecule has 7 nitrogen and oxygen atoms in total. The first kappa shape index (κ1) is 27.3. The Morgan fingerprint density at radius 2 is 1.88 bits per heavy atom. The van der Waals surface area contributed by atoms with Gasteiger partial charge in [0.1, 0.15) is 6.61 Å². The van der Waals surface area contributed by atoms with Crippen LogP contribution in [0, 0.1) is 5.92 Å². The van der Waals surface area contributed by atoms with Crippen molar-refractivity contribution in [1.82, 2.24) is 20.5 Å². The summed E-state index contributed by atoms with van der Waals surface area (Å²) in [5.74, 6) is 1.98. The molecule has 1 fully saturated rings. The molecule has 1 aromatic carbocycles. The summed E-state index contributed by atoms with van der Waals surface area (Å²) < 4.78 is 11.5. The maximum Gasteiger partial charge on any atom is 0.218 e. The highest BCUT2D eigenvalue weighted by atomic mass is 127. The predicted octanol–water partition coefficient (Wildman–Crippen LogP) is 3.69. The van der Waals surface area contributed by atoms with E-state index < -0.39 is 0 Å². The molecule has 0 spiro atoms. The smallest absolute Gasteiger partial charge is 0.218 e. The van der Waals surface area contributed by atoms with E-state index in [1.807, 2.05) is 42.5 Å². The van der Waals surface area contributed by atoms with E-state index in [9.17, 15) is 0 Å². The molecule has 0 bridgehead atoms. The van der Waals surface area contributed by atoms with Crippen LogP contribution in [0.2, 0.25) is 0 Å². The molecule has 8 heteroatoms. The van der Waals surface area contributed by atoms with Crippen LogP contribution in [0.25, 0.3) is 0 Å². The topological polar surface area (TPSA) is 71.0 Å². The Hall–Kier alpha value is -1.91. The summed E-state index contributed by atoms with van der Waals surface area (Å²) in [6.45, 7) is 12.8. The van der Waals surface area contributed by atoms with Crippen LogP contribution < -0.4 is 15.4 Å². The number of aliphatic imine (C=N–C) groups is 1. The van der Waals surface area contributed by atoms with Gasteiger partial charge in [0.2, 0.25) is 5.88 Å². The quantitative estimate of drug-likeness (QED) is 0.259. The Labute approximate surface area is 215 Å². The van der Waals surface area contributed by atoms with Crippen molar-refractivity contribution in [2.75, 3.05) is 39.4 Å². The summed E-state index contributed by atoms with van der Waals surface area (Å²) in [6, 6.07) is 14.5. The van der Waals surface area contributed by atoms with Crippen LogP contribution >= 0.6 is 24.0 Å². The number of morpholine rings is 1. The summed E-state index contributed by atoms with van der Waals surface area (Å²) in [6.07, 6.45) is 1.76. The molecule has 0 saturated carbocycles. The van der Waals surface area contributed by atoms with Gasteiger partial charge in [-0.2, -0.15) is 0 Å². The normalized spacial score (nSPS) is 15.6. The highest BCUT2D eigenvalue weighted by molar-refractivity contribution is 14.0. The summed E-state index contributed by atoms with van der Waals surface area (Å²) in [7, 11) is 0. The lowest BCUT2D eigenvalue weighted by Gasteiger charge is -2.37. The summed E-state index contributed by atoms with van der Waals surface area (Å²) in [5, 5.41) is 6.90. The van der Waals surface area contributed by atoms with Crippen molar-refractivity contribution in [2.45, 2.75) is 40.0 Å². The van der Waals surface area contributed by atoms with Gasteiger partial charge < -0.3 is 20.1 Å². The molecule has 1 unspecified atom stereocenters. The van der Waals surface area contributed by atoms with Gasteiger partial charge in [-0.1, -0.05) is 50.2 Å². The minimum absolute atomic E-state index is 0. The van der Waals surface area contributed by atoms with Crippen molar-refractivity contribution in [2.24, 2.45) is 10.9 Å². The van der Waals surface area contributed by atoms with E-state index >= 15 is 0 Å². The van der Waals surface area contributed by atoms with Crippen molar-refractivity contribution in [3.63, 3.8) is 0 Å². The van der Waals surface area contributed by atoms with Gasteiger partial charge in [0.25, 0.3) is 0 Å². The molecule has 2 N–H and O–H groups in total. The van der Waals surface area contributed by atoms with Gasteiger partial charge in [0, 0.05) is 44.0 Å². The van der Waals surface area contributed by atoms with Crippen molar-refractivity contribution < 1.29 is 9.47 Å². The van der Waals surface area contributed by atoms with Crippen molar-refractivity contribution in [1.29, 1.82) is 0 Å². The first-order valence-corrected chi connectivity index (χ1v) is 11.6. The number of rotatable bonds is 10. The maximum absolute atomic E-state index is 5.98. The zero-order valence-electron chi connectivity index (χ0n) is 20.0. The lowest BCUT2D eigenvalue weighted by Crippen LogP contribution is -2.52. The molecule has 0 radical (unpaired) electrons. The minimum Gasteiger partial charge on any atom is -0.473 e. The van der Waals surface area contributed by atoms with Gasteiger partial charge in [-0.25, -0.2) is 9.98 Å². The maximum atomic E-state index is 5.98. The number of guanidine groups is 1. The van der Waals surface area contributed by atoms with Crippen LogP contribution in [0.1, 0.15) is 31.9 Å². The molecule has 1 aliphatic heterocycles. The third-order valence-corrected chi connectivity index (χ3v) is 5.58. The molecule has 1 aliphatic rings. The average Bonchev–Trinajstić information content (AvgIpc) is 2.83. The Balaban J connectivity index is 0.00000385. The Morgan fingerprint density at radius 1 is 1.12 bits per heavy atom. The van der Waals surface area contributed by atoms with Gasteiger partial charge in [-0.3, -0.25) is 4.90 Å². The number of ether oxygens (including phenoxy) is 2. The van der Waals surface area contributed by atoms with Crippen molar-refractivity contribution in [3.05, 3.63) is 59.8 Å². The number of pyridine rings is 1. The standard InChI is InChI=1S/C25H37N5O2.HI/c1-4-26-25(29-18-23(20(2)3)30-13-15-31-16-14-30)28-17-22-11-8-12-27-24(22)32-19-21-9-6-5-7-10-21;/h5-12,20,23H,4,13-19H2,1-3H3,(H2,26,28,29);1H. The number of hydrogen-bond donors (Lipinski definition) is 2. The number of hydrogen-bond acceptors (Lipinski definition) is 5. The zero-order valence-corrected chi connectivity index (χ0v) is 22.3. The van der Waals surface area contributed by atoms with Crippen LogP contribution in [0.3, 0.4) is 0 Å². The van der Waals surface area contributed by atoms with E-state index in [0.717, 1.165) is 56.5 Å². The fraction of sp³-hybridized carbons (Fsp3) is 0.520. The fourth-order valence-electron chi connectivity index (χ4n) is 3.80. The lowest BCUT2D eigenvalue weighted by atomic mass is 10.0. The number of nitrogens with one attached hydrogen (secondary N) is 2. The molecule has 33 heavy (non-hydrogen) atoms. The summed E-state index contributed by atoms with van der Waals surface area (Å²) in [4.78, 5) is 11.7. The van der Waals surface area contributed by atoms with E-state index in [0.29, 0.717) is 31.0 Å². The highest BCUT2D eigenvalue weighted by Gasteiger charge is 2.23. The van der Waals surface area contributed by atoms with Gasteiger partial charge in [0.05, 0.1) is 19.8 Å². The Kier molecular flexibility index (Phi) is 12.5. The van der Waals surface area contributed by atoms with Gasteiger partial charge in [-0.15, -0.1) is 24.0 Å². The van der Waals surface area contributed by atoms with E-state index in [-0.39, 0.29) is 24.0 Å². The minimum atomic E-state index is 0. The highest BCUT2D eigenvalue weighted by Crippen LogP contribution is 2.17. The van der Waals surface area contributed by atoms with E-state index in [1.54, 1.807) is 6.20 Å². The molecule has 182 valence electrons. The Bertz CT molecular complexity index is 829. The second-order valence-corrected chi connectivity index (χ2v) is 8.28. The fourth-order valence-corrected chi connectivity index (χ4v) is 3.80. The van der Waals surface area contributed by atoms with Crippen LogP contribution in [0.5, 0.6) is 5.88 Å². The zero-order chi connectivity index (χ0) is 22.6. The summed E-state index contributed by atoms with van der Waals surface area (Å²) in [5.41, 5.74) is 2.08. The first-order valence-electron chi connectivity index (χ1n) is 11.6. The molecule has 3 rings (SSSR count). The molecular weight excluding hydrogens is 529 g/mol. The van der Waals surface area contributed by atoms with Crippen LogP contribution in [0.4, 0.5) is 0 Å². The lowest BCUT2D eigenvalue weighted by molar-refractivity contribution is 0.00752. The van der Waals surface area contributed by atoms with Crippen molar-refractivity contribution >= 4 is 29.9 Å². The number of nitrogens with zero attached hydrogens (tertiary/aromatic N) is 3.